The quantitative estimate of drug-likeness (QED) is 0.851. The van der Waals surface area contributed by atoms with Gasteiger partial charge in [0.25, 0.3) is 0 Å². The van der Waals surface area contributed by atoms with Crippen molar-refractivity contribution in [3.8, 4) is 5.75 Å². The topological polar surface area (TPSA) is 42.0 Å². The number of piperidine rings is 1. The second-order valence-corrected chi connectivity index (χ2v) is 7.11. The molecular weight excluding hydrogens is 304 g/mol. The number of methoxy groups -OCH3 is 1. The molecule has 1 amide bonds. The molecule has 0 N–H and O–H groups in total. The predicted molar refractivity (Wildman–Crippen MR) is 93.2 cm³/mol. The lowest BCUT2D eigenvalue weighted by Crippen LogP contribution is -2.54. The van der Waals surface area contributed by atoms with Crippen LogP contribution in [0.5, 0.6) is 5.75 Å². The zero-order chi connectivity index (χ0) is 17.2. The van der Waals surface area contributed by atoms with Crippen molar-refractivity contribution in [1.29, 1.82) is 0 Å². The third-order valence-corrected chi connectivity index (χ3v) is 5.21. The van der Waals surface area contributed by atoms with Gasteiger partial charge in [0.1, 0.15) is 11.4 Å². The van der Waals surface area contributed by atoms with Crippen molar-refractivity contribution in [2.45, 2.75) is 38.8 Å². The highest BCUT2D eigenvalue weighted by Crippen LogP contribution is 2.36. The molecule has 1 aromatic rings. The molecular formula is C19H28N2O3. The van der Waals surface area contributed by atoms with E-state index in [0.29, 0.717) is 13.1 Å². The second-order valence-electron chi connectivity index (χ2n) is 7.11. The van der Waals surface area contributed by atoms with E-state index in [1.165, 1.54) is 5.56 Å². The molecule has 2 heterocycles. The van der Waals surface area contributed by atoms with Crippen molar-refractivity contribution in [2.24, 2.45) is 0 Å². The Bertz CT molecular complexity index is 594. The van der Waals surface area contributed by atoms with Gasteiger partial charge in [0.05, 0.1) is 13.2 Å². The van der Waals surface area contributed by atoms with Crippen LogP contribution >= 0.6 is 0 Å². The molecule has 132 valence electrons. The Hall–Kier alpha value is -1.59. The Morgan fingerprint density at radius 3 is 2.75 bits per heavy atom. The number of hydrogen-bond donors (Lipinski definition) is 0. The van der Waals surface area contributed by atoms with Crippen molar-refractivity contribution in [3.05, 3.63) is 29.3 Å². The summed E-state index contributed by atoms with van der Waals surface area (Å²) in [7, 11) is 1.74. The molecule has 0 saturated carbocycles. The van der Waals surface area contributed by atoms with Crippen LogP contribution in [0.2, 0.25) is 0 Å². The van der Waals surface area contributed by atoms with E-state index in [4.69, 9.17) is 9.47 Å². The van der Waals surface area contributed by atoms with E-state index in [1.54, 1.807) is 14.0 Å². The van der Waals surface area contributed by atoms with Gasteiger partial charge in [0, 0.05) is 58.6 Å². The van der Waals surface area contributed by atoms with Gasteiger partial charge in [0.15, 0.2) is 0 Å². The minimum Gasteiger partial charge on any atom is -0.485 e. The Kier molecular flexibility index (Phi) is 5.11. The number of hydrogen-bond acceptors (Lipinski definition) is 4. The standard InChI is InChI=1S/C19H28N2O3/c1-15-4-5-18-17(12-15)13-21(16(2)22)14-19(24-18)6-8-20(9-7-19)10-11-23-3/h4-5,12H,6-11,13-14H2,1-3H3. The van der Waals surface area contributed by atoms with E-state index in [9.17, 15) is 4.79 Å². The first-order chi connectivity index (χ1) is 11.5. The minimum absolute atomic E-state index is 0.120. The Morgan fingerprint density at radius 1 is 1.33 bits per heavy atom. The molecule has 0 aromatic heterocycles. The number of aryl methyl sites for hydroxylation is 1. The number of rotatable bonds is 3. The average molecular weight is 332 g/mol. The number of carbonyl (C=O) groups excluding carboxylic acids is 1. The molecule has 0 radical (unpaired) electrons. The fourth-order valence-corrected chi connectivity index (χ4v) is 3.69. The van der Waals surface area contributed by atoms with Crippen LogP contribution in [0.15, 0.2) is 18.2 Å². The highest BCUT2D eigenvalue weighted by Gasteiger charge is 2.41. The number of carbonyl (C=O) groups is 1. The lowest BCUT2D eigenvalue weighted by Gasteiger charge is -2.42. The summed E-state index contributed by atoms with van der Waals surface area (Å²) in [5, 5.41) is 0. The van der Waals surface area contributed by atoms with Crippen molar-refractivity contribution in [2.75, 3.05) is 39.9 Å². The molecule has 1 aromatic carbocycles. The van der Waals surface area contributed by atoms with E-state index in [-0.39, 0.29) is 11.5 Å². The molecule has 0 unspecified atom stereocenters. The van der Waals surface area contributed by atoms with Crippen LogP contribution in [0.4, 0.5) is 0 Å². The van der Waals surface area contributed by atoms with Crippen LogP contribution in [-0.4, -0.2) is 61.2 Å². The maximum atomic E-state index is 12.1. The summed E-state index contributed by atoms with van der Waals surface area (Å²) in [6.07, 6.45) is 1.88. The van der Waals surface area contributed by atoms with E-state index in [1.807, 2.05) is 4.90 Å². The van der Waals surface area contributed by atoms with Gasteiger partial charge in [-0.2, -0.15) is 0 Å². The number of ether oxygens (including phenoxy) is 2. The molecule has 0 aliphatic carbocycles. The smallest absolute Gasteiger partial charge is 0.219 e. The Morgan fingerprint density at radius 2 is 2.08 bits per heavy atom. The highest BCUT2D eigenvalue weighted by molar-refractivity contribution is 5.73. The first-order valence-electron chi connectivity index (χ1n) is 8.77. The number of amides is 1. The first-order valence-corrected chi connectivity index (χ1v) is 8.77. The molecule has 5 heteroatoms. The Labute approximate surface area is 144 Å². The summed E-state index contributed by atoms with van der Waals surface area (Å²) < 4.78 is 11.7. The van der Waals surface area contributed by atoms with Gasteiger partial charge in [-0.1, -0.05) is 17.7 Å². The van der Waals surface area contributed by atoms with Gasteiger partial charge >= 0.3 is 0 Å². The molecule has 1 fully saturated rings. The van der Waals surface area contributed by atoms with Gasteiger partial charge in [-0.3, -0.25) is 4.79 Å². The molecule has 0 atom stereocenters. The fraction of sp³-hybridized carbons (Fsp3) is 0.632. The van der Waals surface area contributed by atoms with Crippen LogP contribution in [-0.2, 0) is 16.1 Å². The lowest BCUT2D eigenvalue weighted by atomic mass is 9.90. The lowest BCUT2D eigenvalue weighted by molar-refractivity contribution is -0.132. The van der Waals surface area contributed by atoms with E-state index in [2.05, 4.69) is 30.0 Å². The van der Waals surface area contributed by atoms with Crippen LogP contribution in [0.3, 0.4) is 0 Å². The number of nitrogens with zero attached hydrogens (tertiary/aromatic N) is 2. The Balaban J connectivity index is 1.80. The van der Waals surface area contributed by atoms with Crippen LogP contribution in [0.25, 0.3) is 0 Å². The third kappa shape index (κ3) is 3.73. The molecule has 1 spiro atoms. The predicted octanol–water partition coefficient (Wildman–Crippen LogP) is 2.22. The molecule has 3 rings (SSSR count). The third-order valence-electron chi connectivity index (χ3n) is 5.21. The van der Waals surface area contributed by atoms with E-state index >= 15 is 0 Å². The van der Waals surface area contributed by atoms with Crippen LogP contribution < -0.4 is 4.74 Å². The summed E-state index contributed by atoms with van der Waals surface area (Å²) >= 11 is 0. The van der Waals surface area contributed by atoms with Gasteiger partial charge in [-0.15, -0.1) is 0 Å². The number of fused-ring (bicyclic) bond motifs is 1. The van der Waals surface area contributed by atoms with Gasteiger partial charge in [0.2, 0.25) is 5.91 Å². The maximum Gasteiger partial charge on any atom is 0.219 e. The van der Waals surface area contributed by atoms with E-state index in [0.717, 1.165) is 50.4 Å². The van der Waals surface area contributed by atoms with Crippen LogP contribution in [0, 0.1) is 6.92 Å². The van der Waals surface area contributed by atoms with Crippen molar-refractivity contribution >= 4 is 5.91 Å². The van der Waals surface area contributed by atoms with Gasteiger partial charge in [-0.25, -0.2) is 0 Å². The van der Waals surface area contributed by atoms with Gasteiger partial charge < -0.3 is 19.3 Å². The molecule has 1 saturated heterocycles. The minimum atomic E-state index is -0.268. The number of likely N-dealkylation sites (tertiary alicyclic amines) is 1. The molecule has 0 bridgehead atoms. The normalized spacial score (nSPS) is 20.4. The summed E-state index contributed by atoms with van der Waals surface area (Å²) in [4.78, 5) is 16.5. The summed E-state index contributed by atoms with van der Waals surface area (Å²) in [5.74, 6) is 1.06. The van der Waals surface area contributed by atoms with Crippen LogP contribution in [0.1, 0.15) is 30.9 Å². The molecule has 2 aliphatic heterocycles. The largest absolute Gasteiger partial charge is 0.485 e. The highest BCUT2D eigenvalue weighted by atomic mass is 16.5. The fourth-order valence-electron chi connectivity index (χ4n) is 3.69. The second kappa shape index (κ2) is 7.11. The summed E-state index contributed by atoms with van der Waals surface area (Å²) in [6.45, 7) is 8.73. The van der Waals surface area contributed by atoms with Gasteiger partial charge in [-0.05, 0) is 13.0 Å². The first kappa shape index (κ1) is 17.2. The molecule has 24 heavy (non-hydrogen) atoms. The zero-order valence-electron chi connectivity index (χ0n) is 15.0. The zero-order valence-corrected chi connectivity index (χ0v) is 15.0. The van der Waals surface area contributed by atoms with Crippen molar-refractivity contribution < 1.29 is 14.3 Å². The maximum absolute atomic E-state index is 12.1. The summed E-state index contributed by atoms with van der Waals surface area (Å²) in [6, 6.07) is 6.29. The monoisotopic (exact) mass is 332 g/mol. The molecule has 2 aliphatic rings. The summed E-state index contributed by atoms with van der Waals surface area (Å²) in [5.41, 5.74) is 2.05. The van der Waals surface area contributed by atoms with Crippen molar-refractivity contribution in [1.82, 2.24) is 9.80 Å². The van der Waals surface area contributed by atoms with Crippen molar-refractivity contribution in [3.63, 3.8) is 0 Å². The number of benzene rings is 1. The molecule has 5 nitrogen and oxygen atoms in total. The van der Waals surface area contributed by atoms with E-state index < -0.39 is 0 Å². The average Bonchev–Trinajstić information content (AvgIpc) is 2.71. The SMILES string of the molecule is COCCN1CCC2(CC1)CN(C(C)=O)Cc1cc(C)ccc1O2.